The third-order valence-corrected chi connectivity index (χ3v) is 4.22. The van der Waals surface area contributed by atoms with Gasteiger partial charge in [-0.3, -0.25) is 14.3 Å². The Hall–Kier alpha value is -2.63. The van der Waals surface area contributed by atoms with Crippen molar-refractivity contribution in [3.05, 3.63) is 52.8 Å². The zero-order valence-electron chi connectivity index (χ0n) is 15.1. The van der Waals surface area contributed by atoms with Crippen LogP contribution >= 0.6 is 0 Å². The monoisotopic (exact) mass is 343 g/mol. The number of nitrogens with one attached hydrogen (secondary N) is 1. The first-order chi connectivity index (χ1) is 11.8. The van der Waals surface area contributed by atoms with E-state index in [4.69, 9.17) is 0 Å². The van der Waals surface area contributed by atoms with Gasteiger partial charge in [-0.15, -0.1) is 0 Å². The molecule has 6 nitrogen and oxygen atoms in total. The van der Waals surface area contributed by atoms with Gasteiger partial charge in [0.1, 0.15) is 0 Å². The van der Waals surface area contributed by atoms with Crippen LogP contribution in [0.3, 0.4) is 0 Å². The van der Waals surface area contributed by atoms with Crippen molar-refractivity contribution in [2.75, 3.05) is 0 Å². The van der Waals surface area contributed by atoms with Gasteiger partial charge >= 0.3 is 5.97 Å². The van der Waals surface area contributed by atoms with E-state index >= 15 is 0 Å². The smallest absolute Gasteiger partial charge is 0.305 e. The van der Waals surface area contributed by atoms with E-state index in [9.17, 15) is 14.7 Å². The van der Waals surface area contributed by atoms with E-state index in [1.54, 1.807) is 0 Å². The number of benzene rings is 1. The van der Waals surface area contributed by atoms with Gasteiger partial charge in [0.05, 0.1) is 24.2 Å². The fourth-order valence-corrected chi connectivity index (χ4v) is 3.09. The summed E-state index contributed by atoms with van der Waals surface area (Å²) in [4.78, 5) is 23.7. The van der Waals surface area contributed by atoms with E-state index < -0.39 is 12.0 Å². The number of rotatable bonds is 7. The highest BCUT2D eigenvalue weighted by Crippen LogP contribution is 2.22. The van der Waals surface area contributed by atoms with Gasteiger partial charge in [-0.05, 0) is 44.9 Å². The van der Waals surface area contributed by atoms with Crippen LogP contribution in [0.15, 0.2) is 30.3 Å². The van der Waals surface area contributed by atoms with Crippen molar-refractivity contribution in [1.82, 2.24) is 15.1 Å². The van der Waals surface area contributed by atoms with Gasteiger partial charge in [0.15, 0.2) is 0 Å². The molecule has 0 aliphatic carbocycles. The maximum Gasteiger partial charge on any atom is 0.305 e. The molecule has 25 heavy (non-hydrogen) atoms. The number of hydrogen-bond donors (Lipinski definition) is 2. The van der Waals surface area contributed by atoms with Crippen molar-refractivity contribution in [2.45, 2.75) is 52.6 Å². The Bertz CT molecular complexity index is 767. The van der Waals surface area contributed by atoms with Crippen LogP contribution < -0.4 is 5.32 Å². The number of amides is 1. The minimum atomic E-state index is -0.944. The molecule has 1 aromatic carbocycles. The van der Waals surface area contributed by atoms with Crippen LogP contribution in [0, 0.1) is 20.8 Å². The number of carbonyl (C=O) groups is 2. The molecule has 2 aromatic rings. The first kappa shape index (κ1) is 18.7. The van der Waals surface area contributed by atoms with Crippen LogP contribution in [0.5, 0.6) is 0 Å². The Morgan fingerprint density at radius 1 is 1.20 bits per heavy atom. The molecule has 0 aliphatic heterocycles. The highest BCUT2D eigenvalue weighted by molar-refractivity contribution is 5.78. The molecule has 0 radical (unpaired) electrons. The van der Waals surface area contributed by atoms with E-state index in [2.05, 4.69) is 10.4 Å². The molecule has 1 heterocycles. The van der Waals surface area contributed by atoms with Crippen LogP contribution in [-0.4, -0.2) is 26.8 Å². The lowest BCUT2D eigenvalue weighted by atomic mass is 9.98. The largest absolute Gasteiger partial charge is 0.481 e. The van der Waals surface area contributed by atoms with Crippen molar-refractivity contribution < 1.29 is 14.7 Å². The van der Waals surface area contributed by atoms with Gasteiger partial charge in [-0.25, -0.2) is 0 Å². The van der Waals surface area contributed by atoms with Gasteiger partial charge in [0, 0.05) is 12.1 Å². The number of carbonyl (C=O) groups excluding carboxylic acids is 1. The summed E-state index contributed by atoms with van der Waals surface area (Å²) in [6, 6.07) is 8.83. The number of hydrogen-bond acceptors (Lipinski definition) is 3. The minimum absolute atomic E-state index is 0.101. The first-order valence-electron chi connectivity index (χ1n) is 8.37. The number of nitrogens with zero attached hydrogens (tertiary/aromatic N) is 2. The molecular weight excluding hydrogens is 318 g/mol. The zero-order valence-corrected chi connectivity index (χ0v) is 15.1. The lowest BCUT2D eigenvalue weighted by Gasteiger charge is -2.21. The summed E-state index contributed by atoms with van der Waals surface area (Å²) in [5.74, 6) is -1.13. The van der Waals surface area contributed by atoms with Crippen LogP contribution in [0.1, 0.15) is 54.4 Å². The molecule has 0 aliphatic rings. The Morgan fingerprint density at radius 3 is 2.44 bits per heavy atom. The summed E-state index contributed by atoms with van der Waals surface area (Å²) < 4.78 is 1.83. The molecule has 134 valence electrons. The molecule has 1 amide bonds. The average Bonchev–Trinajstić information content (AvgIpc) is 2.85. The topological polar surface area (TPSA) is 84.2 Å². The highest BCUT2D eigenvalue weighted by atomic mass is 16.4. The summed E-state index contributed by atoms with van der Waals surface area (Å²) in [5.41, 5.74) is 3.70. The van der Waals surface area contributed by atoms with Crippen molar-refractivity contribution >= 4 is 11.9 Å². The van der Waals surface area contributed by atoms with Crippen LogP contribution in [-0.2, 0) is 9.59 Å². The van der Waals surface area contributed by atoms with Gasteiger partial charge in [0.2, 0.25) is 5.91 Å². The normalized spacial score (nSPS) is 13.3. The molecular formula is C19H25N3O3. The van der Waals surface area contributed by atoms with Crippen LogP contribution in [0.2, 0.25) is 0 Å². The highest BCUT2D eigenvalue weighted by Gasteiger charge is 2.21. The van der Waals surface area contributed by atoms with E-state index in [0.717, 1.165) is 22.5 Å². The standard InChI is InChI=1S/C19H25N3O3/c1-12-7-5-6-8-16(12)17(11-19(24)25)20-18(23)10-15(4)22-14(3)9-13(2)21-22/h5-9,15,17H,10-11H2,1-4H3,(H,20,23)(H,24,25). The van der Waals surface area contributed by atoms with E-state index in [-0.39, 0.29) is 24.8 Å². The Labute approximate surface area is 147 Å². The second-order valence-corrected chi connectivity index (χ2v) is 6.50. The number of carboxylic acid groups (broad SMARTS) is 1. The van der Waals surface area contributed by atoms with Crippen molar-refractivity contribution in [3.63, 3.8) is 0 Å². The van der Waals surface area contributed by atoms with Gasteiger partial charge < -0.3 is 10.4 Å². The molecule has 0 saturated carbocycles. The van der Waals surface area contributed by atoms with Crippen LogP contribution in [0.4, 0.5) is 0 Å². The molecule has 2 N–H and O–H groups in total. The quantitative estimate of drug-likeness (QED) is 0.809. The van der Waals surface area contributed by atoms with Crippen molar-refractivity contribution in [3.8, 4) is 0 Å². The summed E-state index contributed by atoms with van der Waals surface area (Å²) >= 11 is 0. The maximum absolute atomic E-state index is 12.5. The van der Waals surface area contributed by atoms with E-state index in [0.29, 0.717) is 0 Å². The zero-order chi connectivity index (χ0) is 18.6. The van der Waals surface area contributed by atoms with E-state index in [1.807, 2.05) is 62.7 Å². The summed E-state index contributed by atoms with van der Waals surface area (Å²) in [6.07, 6.45) is 0.0921. The van der Waals surface area contributed by atoms with E-state index in [1.165, 1.54) is 0 Å². The molecule has 0 fully saturated rings. The first-order valence-corrected chi connectivity index (χ1v) is 8.37. The Balaban J connectivity index is 2.10. The second kappa shape index (κ2) is 7.96. The molecule has 0 bridgehead atoms. The third-order valence-electron chi connectivity index (χ3n) is 4.22. The second-order valence-electron chi connectivity index (χ2n) is 6.50. The SMILES string of the molecule is Cc1cc(C)n(C(C)CC(=O)NC(CC(=O)O)c2ccccc2C)n1. The fraction of sp³-hybridized carbons (Fsp3) is 0.421. The van der Waals surface area contributed by atoms with Crippen molar-refractivity contribution in [2.24, 2.45) is 0 Å². The van der Waals surface area contributed by atoms with Gasteiger partial charge in [-0.2, -0.15) is 5.10 Å². The number of carboxylic acids is 1. The molecule has 0 spiro atoms. The number of aryl methyl sites for hydroxylation is 3. The number of aromatic nitrogens is 2. The lowest BCUT2D eigenvalue weighted by molar-refractivity contribution is -0.137. The molecule has 1 aromatic heterocycles. The lowest BCUT2D eigenvalue weighted by Crippen LogP contribution is -2.32. The Morgan fingerprint density at radius 2 is 1.88 bits per heavy atom. The average molecular weight is 343 g/mol. The summed E-state index contributed by atoms with van der Waals surface area (Å²) in [7, 11) is 0. The summed E-state index contributed by atoms with van der Waals surface area (Å²) in [6.45, 7) is 7.71. The molecule has 2 unspecified atom stereocenters. The fourth-order valence-electron chi connectivity index (χ4n) is 3.09. The molecule has 2 rings (SSSR count). The summed E-state index contributed by atoms with van der Waals surface area (Å²) in [5, 5.41) is 16.5. The third kappa shape index (κ3) is 4.92. The Kier molecular flexibility index (Phi) is 5.96. The van der Waals surface area contributed by atoms with Crippen LogP contribution in [0.25, 0.3) is 0 Å². The molecule has 6 heteroatoms. The molecule has 2 atom stereocenters. The predicted octanol–water partition coefficient (Wildman–Crippen LogP) is 3.09. The maximum atomic E-state index is 12.5. The molecule has 0 saturated heterocycles. The van der Waals surface area contributed by atoms with Gasteiger partial charge in [-0.1, -0.05) is 24.3 Å². The number of aliphatic carboxylic acids is 1. The predicted molar refractivity (Wildman–Crippen MR) is 95.3 cm³/mol. The van der Waals surface area contributed by atoms with Crippen molar-refractivity contribution in [1.29, 1.82) is 0 Å². The minimum Gasteiger partial charge on any atom is -0.481 e. The van der Waals surface area contributed by atoms with Gasteiger partial charge in [0.25, 0.3) is 0 Å².